The number of rotatable bonds is 3. The van der Waals surface area contributed by atoms with Gasteiger partial charge in [0.1, 0.15) is 0 Å². The third kappa shape index (κ3) is 3.29. The Balaban J connectivity index is 1.91. The number of hydrogen-bond acceptors (Lipinski definition) is 2. The van der Waals surface area contributed by atoms with Gasteiger partial charge in [-0.3, -0.25) is 9.78 Å². The van der Waals surface area contributed by atoms with Crippen molar-refractivity contribution in [3.63, 3.8) is 0 Å². The molecule has 3 nitrogen and oxygen atoms in total. The molecule has 17 heavy (non-hydrogen) atoms. The summed E-state index contributed by atoms with van der Waals surface area (Å²) in [5.41, 5.74) is 0.686. The Labute approximate surface area is 103 Å². The minimum atomic E-state index is 0.0867. The van der Waals surface area contributed by atoms with Crippen LogP contribution in [0.4, 0.5) is 0 Å². The van der Waals surface area contributed by atoms with Crippen molar-refractivity contribution in [2.24, 2.45) is 5.92 Å². The van der Waals surface area contributed by atoms with Crippen LogP contribution < -0.4 is 0 Å². The van der Waals surface area contributed by atoms with E-state index in [1.807, 2.05) is 24.1 Å². The molecule has 1 aliphatic rings. The molecule has 92 valence electrons. The van der Waals surface area contributed by atoms with Crippen LogP contribution in [0.25, 0.3) is 0 Å². The van der Waals surface area contributed by atoms with Crippen LogP contribution in [0, 0.1) is 5.92 Å². The van der Waals surface area contributed by atoms with E-state index in [1.54, 1.807) is 12.4 Å². The van der Waals surface area contributed by atoms with E-state index < -0.39 is 0 Å². The Morgan fingerprint density at radius 3 is 2.82 bits per heavy atom. The summed E-state index contributed by atoms with van der Waals surface area (Å²) in [6, 6.07) is 3.63. The molecule has 0 unspecified atom stereocenters. The van der Waals surface area contributed by atoms with Crippen molar-refractivity contribution in [3.05, 3.63) is 30.1 Å². The van der Waals surface area contributed by atoms with E-state index >= 15 is 0 Å². The molecule has 2 rings (SSSR count). The zero-order valence-corrected chi connectivity index (χ0v) is 10.4. The van der Waals surface area contributed by atoms with Gasteiger partial charge in [-0.25, -0.2) is 0 Å². The number of amides is 1. The predicted molar refractivity (Wildman–Crippen MR) is 67.8 cm³/mol. The molecule has 1 aromatic heterocycles. The minimum absolute atomic E-state index is 0.0867. The normalized spacial score (nSPS) is 16.8. The molecule has 3 heteroatoms. The Morgan fingerprint density at radius 2 is 2.18 bits per heavy atom. The summed E-state index contributed by atoms with van der Waals surface area (Å²) in [6.07, 6.45) is 9.86. The van der Waals surface area contributed by atoms with Gasteiger partial charge >= 0.3 is 0 Å². The fraction of sp³-hybridized carbons (Fsp3) is 0.571. The molecule has 1 aromatic rings. The lowest BCUT2D eigenvalue weighted by Gasteiger charge is -2.27. The number of carbonyl (C=O) groups is 1. The van der Waals surface area contributed by atoms with Gasteiger partial charge < -0.3 is 4.90 Å². The zero-order valence-electron chi connectivity index (χ0n) is 10.4. The van der Waals surface area contributed by atoms with Crippen molar-refractivity contribution >= 4 is 5.91 Å². The predicted octanol–water partition coefficient (Wildman–Crippen LogP) is 2.73. The molecule has 1 amide bonds. The van der Waals surface area contributed by atoms with E-state index in [0.29, 0.717) is 11.5 Å². The molecule has 0 N–H and O–H groups in total. The molecule has 0 spiro atoms. The molecule has 1 fully saturated rings. The number of hydrogen-bond donors (Lipinski definition) is 0. The number of aromatic nitrogens is 1. The summed E-state index contributed by atoms with van der Waals surface area (Å²) in [4.78, 5) is 17.9. The van der Waals surface area contributed by atoms with Gasteiger partial charge in [-0.1, -0.05) is 19.3 Å². The van der Waals surface area contributed by atoms with Crippen LogP contribution in [0.1, 0.15) is 42.5 Å². The van der Waals surface area contributed by atoms with Gasteiger partial charge in [-0.15, -0.1) is 0 Å². The van der Waals surface area contributed by atoms with Crippen molar-refractivity contribution in [1.82, 2.24) is 9.88 Å². The third-order valence-electron chi connectivity index (χ3n) is 3.51. The smallest absolute Gasteiger partial charge is 0.255 e. The summed E-state index contributed by atoms with van der Waals surface area (Å²) in [5.74, 6) is 0.776. The second-order valence-corrected chi connectivity index (χ2v) is 4.93. The first-order valence-corrected chi connectivity index (χ1v) is 6.43. The highest BCUT2D eigenvalue weighted by Gasteiger charge is 2.18. The largest absolute Gasteiger partial charge is 0.341 e. The third-order valence-corrected chi connectivity index (χ3v) is 3.51. The zero-order chi connectivity index (χ0) is 12.1. The lowest BCUT2D eigenvalue weighted by atomic mass is 9.89. The van der Waals surface area contributed by atoms with Crippen LogP contribution in [0.5, 0.6) is 0 Å². The van der Waals surface area contributed by atoms with Crippen LogP contribution in [0.3, 0.4) is 0 Å². The Morgan fingerprint density at radius 1 is 1.41 bits per heavy atom. The van der Waals surface area contributed by atoms with E-state index in [4.69, 9.17) is 0 Å². The highest BCUT2D eigenvalue weighted by molar-refractivity contribution is 5.93. The number of pyridine rings is 1. The number of carbonyl (C=O) groups excluding carboxylic acids is 1. The van der Waals surface area contributed by atoms with E-state index in [0.717, 1.165) is 6.54 Å². The van der Waals surface area contributed by atoms with E-state index in [-0.39, 0.29) is 5.91 Å². The fourth-order valence-electron chi connectivity index (χ4n) is 2.55. The van der Waals surface area contributed by atoms with Gasteiger partial charge in [0.05, 0.1) is 5.56 Å². The van der Waals surface area contributed by atoms with Crippen molar-refractivity contribution in [1.29, 1.82) is 0 Å². The molecule has 0 bridgehead atoms. The molecule has 0 radical (unpaired) electrons. The standard InChI is InChI=1S/C14H20N2O/c1-16(11-12-6-3-2-4-7-12)14(17)13-8-5-9-15-10-13/h5,8-10,12H,2-4,6-7,11H2,1H3. The quantitative estimate of drug-likeness (QED) is 0.802. The molecule has 0 atom stereocenters. The Kier molecular flexibility index (Phi) is 4.13. The van der Waals surface area contributed by atoms with Crippen molar-refractivity contribution in [3.8, 4) is 0 Å². The first-order valence-electron chi connectivity index (χ1n) is 6.43. The molecule has 1 aliphatic carbocycles. The van der Waals surface area contributed by atoms with Crippen LogP contribution in [0.2, 0.25) is 0 Å². The number of nitrogens with zero attached hydrogens (tertiary/aromatic N) is 2. The lowest BCUT2D eigenvalue weighted by Crippen LogP contribution is -2.32. The maximum Gasteiger partial charge on any atom is 0.255 e. The average molecular weight is 232 g/mol. The van der Waals surface area contributed by atoms with Gasteiger partial charge in [0, 0.05) is 26.0 Å². The average Bonchev–Trinajstić information content (AvgIpc) is 2.40. The topological polar surface area (TPSA) is 33.2 Å². The molecule has 1 heterocycles. The molecular formula is C14H20N2O. The Bertz CT molecular complexity index is 358. The van der Waals surface area contributed by atoms with E-state index in [2.05, 4.69) is 4.98 Å². The molecule has 0 saturated heterocycles. The van der Waals surface area contributed by atoms with Gasteiger partial charge in [0.25, 0.3) is 5.91 Å². The van der Waals surface area contributed by atoms with E-state index in [9.17, 15) is 4.79 Å². The lowest BCUT2D eigenvalue weighted by molar-refractivity contribution is 0.0760. The molecule has 0 aromatic carbocycles. The maximum absolute atomic E-state index is 12.1. The van der Waals surface area contributed by atoms with Gasteiger partial charge in [0.15, 0.2) is 0 Å². The highest BCUT2D eigenvalue weighted by atomic mass is 16.2. The molecule has 0 aliphatic heterocycles. The minimum Gasteiger partial charge on any atom is -0.341 e. The fourth-order valence-corrected chi connectivity index (χ4v) is 2.55. The summed E-state index contributed by atoms with van der Waals surface area (Å²) >= 11 is 0. The maximum atomic E-state index is 12.1. The summed E-state index contributed by atoms with van der Waals surface area (Å²) in [7, 11) is 1.89. The van der Waals surface area contributed by atoms with Crippen LogP contribution in [-0.4, -0.2) is 29.4 Å². The summed E-state index contributed by atoms with van der Waals surface area (Å²) in [6.45, 7) is 0.883. The molecular weight excluding hydrogens is 212 g/mol. The second kappa shape index (κ2) is 5.80. The van der Waals surface area contributed by atoms with Crippen LogP contribution in [0.15, 0.2) is 24.5 Å². The highest BCUT2D eigenvalue weighted by Crippen LogP contribution is 2.24. The van der Waals surface area contributed by atoms with Gasteiger partial charge in [0.2, 0.25) is 0 Å². The van der Waals surface area contributed by atoms with Crippen molar-refractivity contribution < 1.29 is 4.79 Å². The summed E-state index contributed by atoms with van der Waals surface area (Å²) in [5, 5.41) is 0. The SMILES string of the molecule is CN(CC1CCCCC1)C(=O)c1cccnc1. The van der Waals surface area contributed by atoms with Crippen molar-refractivity contribution in [2.45, 2.75) is 32.1 Å². The Hall–Kier alpha value is -1.38. The summed E-state index contributed by atoms with van der Waals surface area (Å²) < 4.78 is 0. The second-order valence-electron chi connectivity index (χ2n) is 4.93. The monoisotopic (exact) mass is 232 g/mol. The van der Waals surface area contributed by atoms with E-state index in [1.165, 1.54) is 32.1 Å². The van der Waals surface area contributed by atoms with Crippen LogP contribution in [-0.2, 0) is 0 Å². The first-order chi connectivity index (χ1) is 8.27. The first kappa shape index (κ1) is 12.1. The molecule has 1 saturated carbocycles. The van der Waals surface area contributed by atoms with Crippen molar-refractivity contribution in [2.75, 3.05) is 13.6 Å². The van der Waals surface area contributed by atoms with Crippen LogP contribution >= 0.6 is 0 Å². The van der Waals surface area contributed by atoms with Gasteiger partial charge in [-0.05, 0) is 30.9 Å². The van der Waals surface area contributed by atoms with Gasteiger partial charge in [-0.2, -0.15) is 0 Å².